The van der Waals surface area contributed by atoms with Crippen LogP contribution >= 0.6 is 24.0 Å². The molecule has 2 N–H and O–H groups in total. The number of aromatic hydroxyl groups is 1. The molecule has 0 aromatic heterocycles. The summed E-state index contributed by atoms with van der Waals surface area (Å²) in [5, 5.41) is 10.9. The van der Waals surface area contributed by atoms with Crippen molar-refractivity contribution in [3.05, 3.63) is 58.5 Å². The molecule has 0 radical (unpaired) electrons. The van der Waals surface area contributed by atoms with E-state index in [1.165, 1.54) is 20.3 Å². The Morgan fingerprint density at radius 2 is 1.89 bits per heavy atom. The summed E-state index contributed by atoms with van der Waals surface area (Å²) in [5.74, 6) is -0.0155. The van der Waals surface area contributed by atoms with Crippen LogP contribution in [0.15, 0.2) is 47.4 Å². The van der Waals surface area contributed by atoms with Crippen LogP contribution in [0.5, 0.6) is 17.2 Å². The molecule has 0 unspecified atom stereocenters. The Balaban J connectivity index is 1.75. The largest absolute Gasteiger partial charge is 0.504 e. The Bertz CT molecular complexity index is 973. The van der Waals surface area contributed by atoms with Crippen molar-refractivity contribution in [2.24, 2.45) is 0 Å². The molecule has 144 valence electrons. The van der Waals surface area contributed by atoms with E-state index in [0.29, 0.717) is 27.5 Å². The number of phenolic OH excluding ortho intramolecular Hbond substituents is 1. The van der Waals surface area contributed by atoms with Crippen molar-refractivity contribution in [1.29, 1.82) is 0 Å². The summed E-state index contributed by atoms with van der Waals surface area (Å²) in [5.41, 5.74) is 3.47. The van der Waals surface area contributed by atoms with Gasteiger partial charge in [0.1, 0.15) is 5.75 Å². The topological polar surface area (TPSA) is 88.1 Å². The Labute approximate surface area is 170 Å². The number of ether oxygens (including phenoxy) is 2. The summed E-state index contributed by atoms with van der Waals surface area (Å²) in [6.45, 7) is 0. The molecule has 1 fully saturated rings. The Kier molecular flexibility index (Phi) is 5.86. The summed E-state index contributed by atoms with van der Waals surface area (Å²) in [7, 11) is 2.98. The van der Waals surface area contributed by atoms with E-state index in [1.807, 2.05) is 0 Å². The third kappa shape index (κ3) is 4.10. The Morgan fingerprint density at radius 1 is 1.18 bits per heavy atom. The van der Waals surface area contributed by atoms with Gasteiger partial charge in [-0.15, -0.1) is 0 Å². The van der Waals surface area contributed by atoms with Gasteiger partial charge in [0.25, 0.3) is 11.8 Å². The number of hydrazine groups is 1. The van der Waals surface area contributed by atoms with E-state index in [2.05, 4.69) is 5.43 Å². The van der Waals surface area contributed by atoms with Crippen molar-refractivity contribution in [2.75, 3.05) is 14.2 Å². The lowest BCUT2D eigenvalue weighted by molar-refractivity contribution is -0.123. The molecule has 3 rings (SSSR count). The van der Waals surface area contributed by atoms with Crippen molar-refractivity contribution in [1.82, 2.24) is 10.4 Å². The quantitative estimate of drug-likeness (QED) is 0.572. The number of amides is 2. The molecule has 1 aliphatic heterocycles. The van der Waals surface area contributed by atoms with E-state index in [9.17, 15) is 14.7 Å². The molecule has 9 heteroatoms. The molecule has 1 heterocycles. The molecular formula is C19H16N2O5S2. The van der Waals surface area contributed by atoms with Gasteiger partial charge >= 0.3 is 0 Å². The normalized spacial score (nSPS) is 15.1. The van der Waals surface area contributed by atoms with Gasteiger partial charge in [0.15, 0.2) is 15.8 Å². The van der Waals surface area contributed by atoms with E-state index in [0.717, 1.165) is 16.8 Å². The van der Waals surface area contributed by atoms with Gasteiger partial charge in [0, 0.05) is 5.56 Å². The second-order valence-corrected chi connectivity index (χ2v) is 7.29. The summed E-state index contributed by atoms with van der Waals surface area (Å²) in [6, 6.07) is 11.2. The molecule has 1 saturated heterocycles. The number of carbonyl (C=O) groups is 2. The highest BCUT2D eigenvalue weighted by Gasteiger charge is 2.33. The number of rotatable bonds is 5. The second-order valence-electron chi connectivity index (χ2n) is 5.62. The van der Waals surface area contributed by atoms with Crippen LogP contribution in [0.3, 0.4) is 0 Å². The first-order valence-electron chi connectivity index (χ1n) is 8.03. The molecule has 28 heavy (non-hydrogen) atoms. The van der Waals surface area contributed by atoms with Gasteiger partial charge in [0.2, 0.25) is 0 Å². The fraction of sp³-hybridized carbons (Fsp3) is 0.105. The fourth-order valence-electron chi connectivity index (χ4n) is 2.42. The molecule has 2 amide bonds. The maximum atomic E-state index is 12.6. The maximum absolute atomic E-state index is 12.6. The Hall–Kier alpha value is -3.04. The van der Waals surface area contributed by atoms with Crippen LogP contribution in [0.25, 0.3) is 6.08 Å². The minimum absolute atomic E-state index is 0.0421. The zero-order valence-electron chi connectivity index (χ0n) is 15.0. The number of methoxy groups -OCH3 is 2. The molecule has 7 nitrogen and oxygen atoms in total. The molecule has 0 saturated carbocycles. The average Bonchev–Trinajstić information content (AvgIpc) is 2.95. The molecular weight excluding hydrogens is 400 g/mol. The van der Waals surface area contributed by atoms with Gasteiger partial charge < -0.3 is 14.6 Å². The minimum atomic E-state index is -0.470. The lowest BCUT2D eigenvalue weighted by atomic mass is 10.2. The average molecular weight is 416 g/mol. The van der Waals surface area contributed by atoms with E-state index < -0.39 is 11.8 Å². The number of nitrogens with one attached hydrogen (secondary N) is 1. The monoisotopic (exact) mass is 416 g/mol. The van der Waals surface area contributed by atoms with E-state index in [-0.39, 0.29) is 10.1 Å². The summed E-state index contributed by atoms with van der Waals surface area (Å²) in [6.07, 6.45) is 1.58. The van der Waals surface area contributed by atoms with Gasteiger partial charge in [-0.25, -0.2) is 0 Å². The number of hydrogen-bond donors (Lipinski definition) is 2. The van der Waals surface area contributed by atoms with Gasteiger partial charge in [-0.3, -0.25) is 15.0 Å². The molecule has 2 aromatic rings. The number of carbonyl (C=O) groups excluding carboxylic acids is 2. The van der Waals surface area contributed by atoms with Gasteiger partial charge in [-0.05, 0) is 60.3 Å². The van der Waals surface area contributed by atoms with Crippen LogP contribution in [0, 0.1) is 0 Å². The van der Waals surface area contributed by atoms with E-state index in [1.54, 1.807) is 42.5 Å². The van der Waals surface area contributed by atoms with Crippen LogP contribution in [0.4, 0.5) is 0 Å². The molecule has 2 aromatic carbocycles. The highest BCUT2D eigenvalue weighted by molar-refractivity contribution is 8.26. The van der Waals surface area contributed by atoms with Crippen LogP contribution in [-0.4, -0.2) is 40.5 Å². The lowest BCUT2D eigenvalue weighted by Gasteiger charge is -2.15. The maximum Gasteiger partial charge on any atom is 0.285 e. The van der Waals surface area contributed by atoms with Crippen LogP contribution in [0.2, 0.25) is 0 Å². The van der Waals surface area contributed by atoms with Gasteiger partial charge in [-0.2, -0.15) is 5.01 Å². The third-order valence-electron chi connectivity index (χ3n) is 3.86. The molecule has 0 aliphatic carbocycles. The van der Waals surface area contributed by atoms with Crippen molar-refractivity contribution >= 4 is 46.2 Å². The standard InChI is InChI=1S/C19H16N2O5S2/c1-25-13-6-4-12(5-7-13)17(23)20-21-18(24)16(28-19(21)27)10-11-3-8-15(26-2)14(22)9-11/h3-10,22H,1-2H3,(H,20,23)/b16-10+. The first-order valence-corrected chi connectivity index (χ1v) is 9.25. The summed E-state index contributed by atoms with van der Waals surface area (Å²) >= 11 is 6.26. The number of benzene rings is 2. The van der Waals surface area contributed by atoms with Crippen molar-refractivity contribution < 1.29 is 24.2 Å². The van der Waals surface area contributed by atoms with Gasteiger partial charge in [0.05, 0.1) is 19.1 Å². The second kappa shape index (κ2) is 8.32. The lowest BCUT2D eigenvalue weighted by Crippen LogP contribution is -2.44. The number of phenols is 1. The number of thiocarbonyl (C=S) groups is 1. The fourth-order valence-corrected chi connectivity index (χ4v) is 3.60. The molecule has 0 bridgehead atoms. The third-order valence-corrected chi connectivity index (χ3v) is 5.16. The predicted octanol–water partition coefficient (Wildman–Crippen LogP) is 2.96. The van der Waals surface area contributed by atoms with Crippen molar-refractivity contribution in [3.8, 4) is 17.2 Å². The number of thioether (sulfide) groups is 1. The highest BCUT2D eigenvalue weighted by atomic mass is 32.2. The highest BCUT2D eigenvalue weighted by Crippen LogP contribution is 2.33. The first-order chi connectivity index (χ1) is 13.4. The number of nitrogens with zero attached hydrogens (tertiary/aromatic N) is 1. The Morgan fingerprint density at radius 3 is 2.50 bits per heavy atom. The van der Waals surface area contributed by atoms with Crippen molar-refractivity contribution in [2.45, 2.75) is 0 Å². The van der Waals surface area contributed by atoms with Gasteiger partial charge in [-0.1, -0.05) is 17.8 Å². The summed E-state index contributed by atoms with van der Waals surface area (Å²) < 4.78 is 10.3. The van der Waals surface area contributed by atoms with E-state index in [4.69, 9.17) is 21.7 Å². The molecule has 0 atom stereocenters. The predicted molar refractivity (Wildman–Crippen MR) is 110 cm³/mol. The zero-order chi connectivity index (χ0) is 20.3. The van der Waals surface area contributed by atoms with Crippen LogP contribution < -0.4 is 14.9 Å². The first kappa shape index (κ1) is 19.7. The van der Waals surface area contributed by atoms with Crippen LogP contribution in [-0.2, 0) is 4.79 Å². The SMILES string of the molecule is COc1ccc(C(=O)NN2C(=O)/C(=C\c3ccc(OC)c(O)c3)SC2=S)cc1. The van der Waals surface area contributed by atoms with E-state index >= 15 is 0 Å². The molecule has 1 aliphatic rings. The van der Waals surface area contributed by atoms with Crippen molar-refractivity contribution in [3.63, 3.8) is 0 Å². The smallest absolute Gasteiger partial charge is 0.285 e. The minimum Gasteiger partial charge on any atom is -0.504 e. The zero-order valence-corrected chi connectivity index (χ0v) is 16.6. The number of hydrogen-bond acceptors (Lipinski definition) is 7. The van der Waals surface area contributed by atoms with Crippen LogP contribution in [0.1, 0.15) is 15.9 Å². The summed E-state index contributed by atoms with van der Waals surface area (Å²) in [4.78, 5) is 25.3. The molecule has 0 spiro atoms.